The number of fused-ring (bicyclic) bond motifs is 1. The van der Waals surface area contributed by atoms with E-state index in [-0.39, 0.29) is 5.75 Å². The van der Waals surface area contributed by atoms with E-state index in [4.69, 9.17) is 0 Å². The Balaban J connectivity index is 2.20. The molecule has 2 aromatic rings. The molecule has 1 aromatic carbocycles. The van der Waals surface area contributed by atoms with Crippen molar-refractivity contribution >= 4 is 11.0 Å². The lowest BCUT2D eigenvalue weighted by Crippen LogP contribution is -2.17. The quantitative estimate of drug-likeness (QED) is 0.744. The van der Waals surface area contributed by atoms with Crippen molar-refractivity contribution in [2.24, 2.45) is 0 Å². The van der Waals surface area contributed by atoms with Crippen molar-refractivity contribution in [2.45, 2.75) is 25.3 Å². The SMILES string of the molecule is Oc1cccc2c1nnn2C1CCC1. The van der Waals surface area contributed by atoms with Gasteiger partial charge in [0.15, 0.2) is 5.52 Å². The van der Waals surface area contributed by atoms with E-state index in [1.807, 2.05) is 16.8 Å². The summed E-state index contributed by atoms with van der Waals surface area (Å²) in [4.78, 5) is 0. The highest BCUT2D eigenvalue weighted by atomic mass is 16.3. The molecule has 14 heavy (non-hydrogen) atoms. The number of hydrogen-bond donors (Lipinski definition) is 1. The van der Waals surface area contributed by atoms with Crippen LogP contribution in [0.1, 0.15) is 25.3 Å². The molecule has 1 N–H and O–H groups in total. The molecular weight excluding hydrogens is 178 g/mol. The number of rotatable bonds is 1. The Morgan fingerprint density at radius 1 is 1.36 bits per heavy atom. The molecule has 1 aliphatic rings. The normalized spacial score (nSPS) is 17.1. The zero-order valence-corrected chi connectivity index (χ0v) is 7.72. The van der Waals surface area contributed by atoms with Gasteiger partial charge in [-0.15, -0.1) is 5.10 Å². The van der Waals surface area contributed by atoms with Crippen molar-refractivity contribution in [3.8, 4) is 5.75 Å². The lowest BCUT2D eigenvalue weighted by Gasteiger charge is -2.25. The first-order valence-corrected chi connectivity index (χ1v) is 4.89. The molecule has 3 rings (SSSR count). The summed E-state index contributed by atoms with van der Waals surface area (Å²) >= 11 is 0. The minimum Gasteiger partial charge on any atom is -0.506 e. The van der Waals surface area contributed by atoms with Gasteiger partial charge in [0.1, 0.15) is 5.75 Å². The van der Waals surface area contributed by atoms with Gasteiger partial charge in [0, 0.05) is 0 Å². The Hall–Kier alpha value is -1.58. The number of phenolic OH excluding ortho intramolecular Hbond substituents is 1. The zero-order chi connectivity index (χ0) is 9.54. The monoisotopic (exact) mass is 189 g/mol. The number of hydrogen-bond acceptors (Lipinski definition) is 3. The van der Waals surface area contributed by atoms with Crippen molar-refractivity contribution in [3.63, 3.8) is 0 Å². The summed E-state index contributed by atoms with van der Waals surface area (Å²) in [6.07, 6.45) is 3.62. The molecule has 4 heteroatoms. The first kappa shape index (κ1) is 7.79. The summed E-state index contributed by atoms with van der Waals surface area (Å²) in [6, 6.07) is 5.91. The van der Waals surface area contributed by atoms with Crippen LogP contribution in [0.25, 0.3) is 11.0 Å². The van der Waals surface area contributed by atoms with E-state index in [2.05, 4.69) is 10.3 Å². The Morgan fingerprint density at radius 3 is 2.93 bits per heavy atom. The van der Waals surface area contributed by atoms with Crippen LogP contribution in [0.2, 0.25) is 0 Å². The first-order valence-electron chi connectivity index (χ1n) is 4.89. The lowest BCUT2D eigenvalue weighted by molar-refractivity contribution is 0.292. The molecule has 0 bridgehead atoms. The molecule has 1 saturated carbocycles. The minimum atomic E-state index is 0.216. The molecular formula is C10H11N3O. The van der Waals surface area contributed by atoms with E-state index in [0.717, 1.165) is 5.52 Å². The molecule has 0 amide bonds. The number of aromatic nitrogens is 3. The van der Waals surface area contributed by atoms with E-state index in [1.165, 1.54) is 19.3 Å². The van der Waals surface area contributed by atoms with Gasteiger partial charge in [-0.05, 0) is 31.4 Å². The molecule has 4 nitrogen and oxygen atoms in total. The fourth-order valence-corrected chi connectivity index (χ4v) is 1.85. The highest BCUT2D eigenvalue weighted by Gasteiger charge is 2.22. The first-order chi connectivity index (χ1) is 6.86. The van der Waals surface area contributed by atoms with E-state index < -0.39 is 0 Å². The summed E-state index contributed by atoms with van der Waals surface area (Å²) in [6.45, 7) is 0. The lowest BCUT2D eigenvalue weighted by atomic mass is 9.93. The molecule has 0 atom stereocenters. The molecule has 1 aromatic heterocycles. The third kappa shape index (κ3) is 0.937. The third-order valence-electron chi connectivity index (χ3n) is 2.90. The van der Waals surface area contributed by atoms with Gasteiger partial charge in [-0.1, -0.05) is 11.3 Å². The number of nitrogens with zero attached hydrogens (tertiary/aromatic N) is 3. The Labute approximate surface area is 81.2 Å². The smallest absolute Gasteiger partial charge is 0.154 e. The van der Waals surface area contributed by atoms with Gasteiger partial charge >= 0.3 is 0 Å². The van der Waals surface area contributed by atoms with Gasteiger partial charge in [0.2, 0.25) is 0 Å². The largest absolute Gasteiger partial charge is 0.506 e. The second-order valence-electron chi connectivity index (χ2n) is 3.76. The molecule has 0 radical (unpaired) electrons. The molecule has 1 aliphatic carbocycles. The summed E-state index contributed by atoms with van der Waals surface area (Å²) in [5.74, 6) is 0.216. The van der Waals surface area contributed by atoms with Crippen molar-refractivity contribution in [1.82, 2.24) is 15.0 Å². The fraction of sp³-hybridized carbons (Fsp3) is 0.400. The van der Waals surface area contributed by atoms with Gasteiger partial charge < -0.3 is 5.11 Å². The van der Waals surface area contributed by atoms with Crippen LogP contribution >= 0.6 is 0 Å². The number of aromatic hydroxyl groups is 1. The topological polar surface area (TPSA) is 50.9 Å². The Bertz CT molecular complexity index is 473. The van der Waals surface area contributed by atoms with Crippen molar-refractivity contribution < 1.29 is 5.11 Å². The summed E-state index contributed by atoms with van der Waals surface area (Å²) in [5, 5.41) is 17.6. The highest BCUT2D eigenvalue weighted by molar-refractivity contribution is 5.80. The van der Waals surface area contributed by atoms with Gasteiger partial charge in [-0.2, -0.15) is 0 Å². The molecule has 0 spiro atoms. The van der Waals surface area contributed by atoms with Crippen LogP contribution in [0, 0.1) is 0 Å². The molecule has 1 heterocycles. The van der Waals surface area contributed by atoms with E-state index >= 15 is 0 Å². The maximum absolute atomic E-state index is 9.54. The van der Waals surface area contributed by atoms with Crippen LogP contribution in [0.3, 0.4) is 0 Å². The van der Waals surface area contributed by atoms with Gasteiger partial charge in [0.25, 0.3) is 0 Å². The predicted molar refractivity (Wildman–Crippen MR) is 52.1 cm³/mol. The molecule has 0 saturated heterocycles. The van der Waals surface area contributed by atoms with Crippen LogP contribution in [0.5, 0.6) is 5.75 Å². The van der Waals surface area contributed by atoms with Crippen LogP contribution in [-0.2, 0) is 0 Å². The standard InChI is InChI=1S/C10H11N3O/c14-9-6-2-5-8-10(9)11-12-13(8)7-3-1-4-7/h2,5-7,14H,1,3-4H2. The van der Waals surface area contributed by atoms with E-state index in [1.54, 1.807) is 6.07 Å². The summed E-state index contributed by atoms with van der Waals surface area (Å²) < 4.78 is 1.93. The maximum atomic E-state index is 9.54. The molecule has 0 unspecified atom stereocenters. The molecule has 72 valence electrons. The Kier molecular flexibility index (Phi) is 1.50. The van der Waals surface area contributed by atoms with Gasteiger partial charge in [-0.25, -0.2) is 4.68 Å². The number of phenols is 1. The zero-order valence-electron chi connectivity index (χ0n) is 7.72. The van der Waals surface area contributed by atoms with Crippen molar-refractivity contribution in [1.29, 1.82) is 0 Å². The maximum Gasteiger partial charge on any atom is 0.154 e. The van der Waals surface area contributed by atoms with Crippen LogP contribution < -0.4 is 0 Å². The third-order valence-corrected chi connectivity index (χ3v) is 2.90. The summed E-state index contributed by atoms with van der Waals surface area (Å²) in [7, 11) is 0. The fourth-order valence-electron chi connectivity index (χ4n) is 1.85. The second-order valence-corrected chi connectivity index (χ2v) is 3.76. The number of benzene rings is 1. The average Bonchev–Trinajstić information content (AvgIpc) is 2.48. The highest BCUT2D eigenvalue weighted by Crippen LogP contribution is 2.34. The van der Waals surface area contributed by atoms with Gasteiger partial charge in [0.05, 0.1) is 11.6 Å². The molecule has 0 aliphatic heterocycles. The minimum absolute atomic E-state index is 0.216. The average molecular weight is 189 g/mol. The van der Waals surface area contributed by atoms with Crippen LogP contribution in [0.15, 0.2) is 18.2 Å². The predicted octanol–water partition coefficient (Wildman–Crippen LogP) is 1.86. The van der Waals surface area contributed by atoms with Crippen molar-refractivity contribution in [3.05, 3.63) is 18.2 Å². The van der Waals surface area contributed by atoms with Crippen molar-refractivity contribution in [2.75, 3.05) is 0 Å². The molecule has 1 fully saturated rings. The second kappa shape index (κ2) is 2.70. The van der Waals surface area contributed by atoms with Crippen LogP contribution in [0.4, 0.5) is 0 Å². The van der Waals surface area contributed by atoms with Gasteiger partial charge in [-0.3, -0.25) is 0 Å². The Morgan fingerprint density at radius 2 is 2.21 bits per heavy atom. The van der Waals surface area contributed by atoms with E-state index in [0.29, 0.717) is 11.6 Å². The van der Waals surface area contributed by atoms with Crippen LogP contribution in [-0.4, -0.2) is 20.1 Å². The van der Waals surface area contributed by atoms with E-state index in [9.17, 15) is 5.11 Å². The summed E-state index contributed by atoms with van der Waals surface area (Å²) in [5.41, 5.74) is 1.55.